The van der Waals surface area contributed by atoms with Gasteiger partial charge in [0.25, 0.3) is 5.91 Å². The highest BCUT2D eigenvalue weighted by Gasteiger charge is 2.15. The van der Waals surface area contributed by atoms with E-state index in [9.17, 15) is 9.59 Å². The van der Waals surface area contributed by atoms with Crippen LogP contribution >= 0.6 is 0 Å². The van der Waals surface area contributed by atoms with Gasteiger partial charge in [0.2, 0.25) is 0 Å². The van der Waals surface area contributed by atoms with Crippen molar-refractivity contribution in [3.8, 4) is 11.5 Å². The van der Waals surface area contributed by atoms with Gasteiger partial charge in [-0.3, -0.25) is 4.79 Å². The van der Waals surface area contributed by atoms with Gasteiger partial charge in [-0.25, -0.2) is 4.79 Å². The molecule has 2 aromatic carbocycles. The van der Waals surface area contributed by atoms with Crippen LogP contribution in [-0.4, -0.2) is 32.7 Å². The monoisotopic (exact) mass is 383 g/mol. The second-order valence-corrected chi connectivity index (χ2v) is 6.73. The summed E-state index contributed by atoms with van der Waals surface area (Å²) < 4.78 is 15.6. The minimum absolute atomic E-state index is 0.301. The molecule has 0 unspecified atom stereocenters. The Hall–Kier alpha value is -3.02. The van der Waals surface area contributed by atoms with E-state index in [0.717, 1.165) is 24.8 Å². The largest absolute Gasteiger partial charge is 0.493 e. The molecule has 6 nitrogen and oxygen atoms in total. The van der Waals surface area contributed by atoms with E-state index in [-0.39, 0.29) is 12.5 Å². The number of methoxy groups -OCH3 is 2. The van der Waals surface area contributed by atoms with Crippen molar-refractivity contribution in [1.82, 2.24) is 5.32 Å². The Bertz CT molecular complexity index is 862. The van der Waals surface area contributed by atoms with Crippen molar-refractivity contribution in [2.75, 3.05) is 20.8 Å². The van der Waals surface area contributed by atoms with Gasteiger partial charge in [-0.1, -0.05) is 12.1 Å². The number of benzene rings is 2. The molecule has 0 saturated heterocycles. The Kier molecular flexibility index (Phi) is 6.53. The molecule has 0 spiro atoms. The van der Waals surface area contributed by atoms with Gasteiger partial charge in [0, 0.05) is 6.54 Å². The molecular weight excluding hydrogens is 358 g/mol. The summed E-state index contributed by atoms with van der Waals surface area (Å²) in [5, 5.41) is 2.73. The molecule has 0 fully saturated rings. The molecule has 0 aromatic heterocycles. The molecule has 0 atom stereocenters. The SMILES string of the molecule is COc1ccc(CNC(=O)COC(=O)c2ccc3c(c2)CCCC3)cc1OC. The van der Waals surface area contributed by atoms with Gasteiger partial charge in [-0.05, 0) is 66.6 Å². The first-order valence-electron chi connectivity index (χ1n) is 9.37. The fraction of sp³-hybridized carbons (Fsp3) is 0.364. The molecule has 0 heterocycles. The second-order valence-electron chi connectivity index (χ2n) is 6.73. The molecule has 0 radical (unpaired) electrons. The quantitative estimate of drug-likeness (QED) is 0.744. The number of ether oxygens (including phenoxy) is 3. The lowest BCUT2D eigenvalue weighted by Crippen LogP contribution is -2.28. The van der Waals surface area contributed by atoms with Gasteiger partial charge in [0.1, 0.15) is 0 Å². The zero-order chi connectivity index (χ0) is 19.9. The van der Waals surface area contributed by atoms with Crippen LogP contribution in [0, 0.1) is 0 Å². The molecule has 0 aliphatic heterocycles. The minimum atomic E-state index is -0.477. The summed E-state index contributed by atoms with van der Waals surface area (Å²) in [6.45, 7) is -0.0151. The van der Waals surface area contributed by atoms with Crippen LogP contribution in [-0.2, 0) is 28.9 Å². The topological polar surface area (TPSA) is 73.9 Å². The smallest absolute Gasteiger partial charge is 0.338 e. The van der Waals surface area contributed by atoms with Gasteiger partial charge in [-0.2, -0.15) is 0 Å². The van der Waals surface area contributed by atoms with Gasteiger partial charge < -0.3 is 19.5 Å². The third-order valence-corrected chi connectivity index (χ3v) is 4.86. The number of hydrogen-bond acceptors (Lipinski definition) is 5. The maximum Gasteiger partial charge on any atom is 0.338 e. The fourth-order valence-corrected chi connectivity index (χ4v) is 3.32. The van der Waals surface area contributed by atoms with Crippen molar-refractivity contribution in [2.45, 2.75) is 32.2 Å². The molecule has 3 rings (SSSR count). The fourth-order valence-electron chi connectivity index (χ4n) is 3.32. The van der Waals surface area contributed by atoms with Gasteiger partial charge >= 0.3 is 5.97 Å². The zero-order valence-corrected chi connectivity index (χ0v) is 16.2. The summed E-state index contributed by atoms with van der Waals surface area (Å²) in [6.07, 6.45) is 4.38. The maximum absolute atomic E-state index is 12.2. The average Bonchev–Trinajstić information content (AvgIpc) is 2.75. The molecule has 2 aromatic rings. The van der Waals surface area contributed by atoms with E-state index in [4.69, 9.17) is 14.2 Å². The second kappa shape index (κ2) is 9.26. The molecule has 28 heavy (non-hydrogen) atoms. The van der Waals surface area contributed by atoms with Crippen LogP contribution in [0.4, 0.5) is 0 Å². The first-order valence-corrected chi connectivity index (χ1v) is 9.37. The van der Waals surface area contributed by atoms with E-state index in [1.54, 1.807) is 32.4 Å². The Morgan fingerprint density at radius 3 is 2.43 bits per heavy atom. The highest BCUT2D eigenvalue weighted by Crippen LogP contribution is 2.27. The lowest BCUT2D eigenvalue weighted by molar-refractivity contribution is -0.124. The first-order chi connectivity index (χ1) is 13.6. The summed E-state index contributed by atoms with van der Waals surface area (Å²) in [6, 6.07) is 11.0. The number of carbonyl (C=O) groups excluding carboxylic acids is 2. The standard InChI is InChI=1S/C22H25NO5/c1-26-19-10-7-15(11-20(19)27-2)13-23-21(24)14-28-22(25)18-9-8-16-5-3-4-6-17(16)12-18/h7-12H,3-6,13-14H2,1-2H3,(H,23,24). The van der Waals surface area contributed by atoms with Crippen LogP contribution in [0.3, 0.4) is 0 Å². The van der Waals surface area contributed by atoms with Crippen LogP contribution in [0.1, 0.15) is 39.9 Å². The first kappa shape index (κ1) is 19.7. The Morgan fingerprint density at radius 1 is 0.929 bits per heavy atom. The van der Waals surface area contributed by atoms with Gasteiger partial charge in [0.15, 0.2) is 18.1 Å². The van der Waals surface area contributed by atoms with Crippen LogP contribution in [0.15, 0.2) is 36.4 Å². The van der Waals surface area contributed by atoms with E-state index in [2.05, 4.69) is 5.32 Å². The van der Waals surface area contributed by atoms with E-state index >= 15 is 0 Å². The maximum atomic E-state index is 12.2. The molecule has 0 saturated carbocycles. The minimum Gasteiger partial charge on any atom is -0.493 e. The molecule has 0 bridgehead atoms. The van der Waals surface area contributed by atoms with Crippen LogP contribution in [0.25, 0.3) is 0 Å². The molecule has 6 heteroatoms. The predicted octanol–water partition coefficient (Wildman–Crippen LogP) is 3.06. The number of rotatable bonds is 7. The van der Waals surface area contributed by atoms with Gasteiger partial charge in [-0.15, -0.1) is 0 Å². The number of amides is 1. The highest BCUT2D eigenvalue weighted by molar-refractivity contribution is 5.91. The molecule has 1 N–H and O–H groups in total. The summed E-state index contributed by atoms with van der Waals surface area (Å²) in [5.74, 6) is 0.375. The van der Waals surface area contributed by atoms with Gasteiger partial charge in [0.05, 0.1) is 19.8 Å². The van der Waals surface area contributed by atoms with Crippen molar-refractivity contribution in [2.24, 2.45) is 0 Å². The highest BCUT2D eigenvalue weighted by atomic mass is 16.5. The van der Waals surface area contributed by atoms with Crippen LogP contribution < -0.4 is 14.8 Å². The van der Waals surface area contributed by atoms with Crippen molar-refractivity contribution in [3.63, 3.8) is 0 Å². The van der Waals surface area contributed by atoms with Crippen molar-refractivity contribution >= 4 is 11.9 Å². The third-order valence-electron chi connectivity index (χ3n) is 4.86. The third kappa shape index (κ3) is 4.82. The predicted molar refractivity (Wildman–Crippen MR) is 105 cm³/mol. The van der Waals surface area contributed by atoms with E-state index in [0.29, 0.717) is 23.6 Å². The molecule has 1 amide bonds. The number of aryl methyl sites for hydroxylation is 2. The molecule has 1 aliphatic carbocycles. The normalized spacial score (nSPS) is 12.6. The molecule has 148 valence electrons. The Balaban J connectivity index is 1.49. The Labute approximate surface area is 164 Å². The number of nitrogens with one attached hydrogen (secondary N) is 1. The van der Waals surface area contributed by atoms with E-state index in [1.807, 2.05) is 18.2 Å². The lowest BCUT2D eigenvalue weighted by atomic mass is 9.90. The van der Waals surface area contributed by atoms with E-state index < -0.39 is 5.97 Å². The molecular formula is C22H25NO5. The zero-order valence-electron chi connectivity index (χ0n) is 16.2. The summed E-state index contributed by atoms with van der Waals surface area (Å²) in [5.41, 5.74) is 3.86. The van der Waals surface area contributed by atoms with Crippen LogP contribution in [0.5, 0.6) is 11.5 Å². The Morgan fingerprint density at radius 2 is 1.68 bits per heavy atom. The number of carbonyl (C=O) groups is 2. The summed E-state index contributed by atoms with van der Waals surface area (Å²) in [7, 11) is 3.12. The number of esters is 1. The summed E-state index contributed by atoms with van der Waals surface area (Å²) in [4.78, 5) is 24.2. The number of hydrogen-bond donors (Lipinski definition) is 1. The van der Waals surface area contributed by atoms with Crippen LogP contribution in [0.2, 0.25) is 0 Å². The van der Waals surface area contributed by atoms with Crippen molar-refractivity contribution < 1.29 is 23.8 Å². The van der Waals surface area contributed by atoms with Crippen molar-refractivity contribution in [1.29, 1.82) is 0 Å². The molecule has 1 aliphatic rings. The van der Waals surface area contributed by atoms with Crippen molar-refractivity contribution in [3.05, 3.63) is 58.7 Å². The summed E-state index contributed by atoms with van der Waals surface area (Å²) >= 11 is 0. The average molecular weight is 383 g/mol. The number of fused-ring (bicyclic) bond motifs is 1. The van der Waals surface area contributed by atoms with E-state index in [1.165, 1.54) is 17.5 Å². The lowest BCUT2D eigenvalue weighted by Gasteiger charge is -2.16.